The molecule has 5 nitrogen and oxygen atoms in total. The van der Waals surface area contributed by atoms with Gasteiger partial charge in [-0.25, -0.2) is 4.98 Å². The Morgan fingerprint density at radius 3 is 2.50 bits per heavy atom. The van der Waals surface area contributed by atoms with E-state index in [4.69, 9.17) is 16.6 Å². The maximum atomic E-state index is 13.7. The number of halogens is 1. The van der Waals surface area contributed by atoms with Crippen LogP contribution >= 0.6 is 11.6 Å². The molecule has 30 heavy (non-hydrogen) atoms. The molecule has 0 bridgehead atoms. The van der Waals surface area contributed by atoms with Gasteiger partial charge in [-0.05, 0) is 44.0 Å². The van der Waals surface area contributed by atoms with Crippen molar-refractivity contribution in [3.63, 3.8) is 0 Å². The molecular formula is C24H26ClN3O2. The summed E-state index contributed by atoms with van der Waals surface area (Å²) in [5.41, 5.74) is 1.04. The SMILES string of the molecule is CC(c1nc2ccccc2c(=O)n1C)N(C(=O)c1ccccc1Cl)C1CCCCC1. The number of hydrogen-bond donors (Lipinski definition) is 0. The number of aromatic nitrogens is 2. The first-order valence-electron chi connectivity index (χ1n) is 10.5. The molecule has 1 aromatic heterocycles. The highest BCUT2D eigenvalue weighted by Gasteiger charge is 2.33. The molecule has 0 saturated heterocycles. The lowest BCUT2D eigenvalue weighted by Crippen LogP contribution is -2.44. The van der Waals surface area contributed by atoms with E-state index in [0.29, 0.717) is 27.3 Å². The number of benzene rings is 2. The van der Waals surface area contributed by atoms with Gasteiger partial charge in [-0.15, -0.1) is 0 Å². The van der Waals surface area contributed by atoms with Crippen LogP contribution in [0, 0.1) is 0 Å². The van der Waals surface area contributed by atoms with Crippen LogP contribution < -0.4 is 5.56 Å². The van der Waals surface area contributed by atoms with Crippen LogP contribution in [-0.4, -0.2) is 26.4 Å². The van der Waals surface area contributed by atoms with Gasteiger partial charge in [0.15, 0.2) is 0 Å². The number of rotatable bonds is 4. The molecular weight excluding hydrogens is 398 g/mol. The zero-order valence-electron chi connectivity index (χ0n) is 17.3. The lowest BCUT2D eigenvalue weighted by Gasteiger charge is -2.39. The molecule has 6 heteroatoms. The fourth-order valence-electron chi connectivity index (χ4n) is 4.52. The van der Waals surface area contributed by atoms with Crippen molar-refractivity contribution < 1.29 is 4.79 Å². The molecule has 0 radical (unpaired) electrons. The van der Waals surface area contributed by atoms with E-state index in [2.05, 4.69) is 0 Å². The Bertz CT molecular complexity index is 1130. The lowest BCUT2D eigenvalue weighted by atomic mass is 9.92. The predicted octanol–water partition coefficient (Wildman–Crippen LogP) is 5.12. The largest absolute Gasteiger partial charge is 0.326 e. The molecule has 1 saturated carbocycles. The van der Waals surface area contributed by atoms with Crippen LogP contribution in [0.3, 0.4) is 0 Å². The second-order valence-corrected chi connectivity index (χ2v) is 8.42. The predicted molar refractivity (Wildman–Crippen MR) is 120 cm³/mol. The van der Waals surface area contributed by atoms with Gasteiger partial charge in [0, 0.05) is 13.1 Å². The van der Waals surface area contributed by atoms with Crippen LogP contribution in [0.15, 0.2) is 53.3 Å². The third-order valence-electron chi connectivity index (χ3n) is 6.12. The number of hydrogen-bond acceptors (Lipinski definition) is 3. The van der Waals surface area contributed by atoms with Gasteiger partial charge in [0.05, 0.1) is 27.5 Å². The Kier molecular flexibility index (Phi) is 5.91. The van der Waals surface area contributed by atoms with Crippen molar-refractivity contribution in [2.75, 3.05) is 0 Å². The number of nitrogens with zero attached hydrogens (tertiary/aromatic N) is 3. The monoisotopic (exact) mass is 423 g/mol. The molecule has 156 valence electrons. The standard InChI is InChI=1S/C24H26ClN3O2/c1-16(22-26-21-15-9-7-13-19(21)23(29)27(22)2)28(17-10-4-3-5-11-17)24(30)18-12-6-8-14-20(18)25/h6-9,12-17H,3-5,10-11H2,1-2H3. The zero-order chi connectivity index (χ0) is 21.3. The van der Waals surface area contributed by atoms with Crippen LogP contribution in [0.1, 0.15) is 61.3 Å². The van der Waals surface area contributed by atoms with E-state index >= 15 is 0 Å². The van der Waals surface area contributed by atoms with Crippen molar-refractivity contribution in [3.8, 4) is 0 Å². The van der Waals surface area contributed by atoms with Crippen molar-refractivity contribution in [2.24, 2.45) is 7.05 Å². The number of amides is 1. The fraction of sp³-hybridized carbons (Fsp3) is 0.375. The molecule has 1 heterocycles. The number of carbonyl (C=O) groups excluding carboxylic acids is 1. The minimum absolute atomic E-state index is 0.0981. The molecule has 0 aliphatic heterocycles. The lowest BCUT2D eigenvalue weighted by molar-refractivity contribution is 0.0515. The minimum atomic E-state index is -0.362. The van der Waals surface area contributed by atoms with Gasteiger partial charge >= 0.3 is 0 Å². The summed E-state index contributed by atoms with van der Waals surface area (Å²) in [6.45, 7) is 1.96. The number of fused-ring (bicyclic) bond motifs is 1. The topological polar surface area (TPSA) is 55.2 Å². The third-order valence-corrected chi connectivity index (χ3v) is 6.45. The molecule has 0 spiro atoms. The summed E-state index contributed by atoms with van der Waals surface area (Å²) in [6.07, 6.45) is 5.26. The van der Waals surface area contributed by atoms with E-state index in [-0.39, 0.29) is 23.6 Å². The smallest absolute Gasteiger partial charge is 0.261 e. The van der Waals surface area contributed by atoms with Gasteiger partial charge in [0.25, 0.3) is 11.5 Å². The highest BCUT2D eigenvalue weighted by Crippen LogP contribution is 2.32. The van der Waals surface area contributed by atoms with Gasteiger partial charge in [-0.3, -0.25) is 14.2 Å². The first-order valence-corrected chi connectivity index (χ1v) is 10.9. The summed E-state index contributed by atoms with van der Waals surface area (Å²) in [7, 11) is 1.73. The first-order chi connectivity index (χ1) is 14.5. The fourth-order valence-corrected chi connectivity index (χ4v) is 4.74. The zero-order valence-corrected chi connectivity index (χ0v) is 18.1. The van der Waals surface area contributed by atoms with Crippen LogP contribution in [0.5, 0.6) is 0 Å². The van der Waals surface area contributed by atoms with Crippen molar-refractivity contribution >= 4 is 28.4 Å². The van der Waals surface area contributed by atoms with Gasteiger partial charge in [-0.1, -0.05) is 55.1 Å². The number of para-hydroxylation sites is 1. The van der Waals surface area contributed by atoms with E-state index < -0.39 is 0 Å². The maximum Gasteiger partial charge on any atom is 0.261 e. The van der Waals surface area contributed by atoms with Crippen molar-refractivity contribution in [3.05, 3.63) is 75.3 Å². The summed E-state index contributed by atoms with van der Waals surface area (Å²) in [6, 6.07) is 14.2. The third kappa shape index (κ3) is 3.74. The summed E-state index contributed by atoms with van der Waals surface area (Å²) < 4.78 is 1.57. The Hall–Kier alpha value is -2.66. The van der Waals surface area contributed by atoms with E-state index in [1.54, 1.807) is 29.8 Å². The van der Waals surface area contributed by atoms with Crippen LogP contribution in [-0.2, 0) is 7.05 Å². The second kappa shape index (κ2) is 8.60. The van der Waals surface area contributed by atoms with Crippen molar-refractivity contribution in [2.45, 2.75) is 51.1 Å². The molecule has 1 fully saturated rings. The van der Waals surface area contributed by atoms with Crippen LogP contribution in [0.2, 0.25) is 5.02 Å². The Balaban J connectivity index is 1.82. The van der Waals surface area contributed by atoms with Gasteiger partial charge in [0.2, 0.25) is 0 Å². The molecule has 1 aliphatic rings. The summed E-state index contributed by atoms with van der Waals surface area (Å²) in [4.78, 5) is 33.3. The Morgan fingerprint density at radius 2 is 1.77 bits per heavy atom. The van der Waals surface area contributed by atoms with Crippen LogP contribution in [0.4, 0.5) is 0 Å². The normalized spacial score (nSPS) is 15.8. The van der Waals surface area contributed by atoms with Crippen molar-refractivity contribution in [1.82, 2.24) is 14.5 Å². The summed E-state index contributed by atoms with van der Waals surface area (Å²) in [5.74, 6) is 0.479. The van der Waals surface area contributed by atoms with E-state index in [9.17, 15) is 9.59 Å². The number of carbonyl (C=O) groups is 1. The van der Waals surface area contributed by atoms with E-state index in [1.165, 1.54) is 6.42 Å². The highest BCUT2D eigenvalue weighted by molar-refractivity contribution is 6.33. The van der Waals surface area contributed by atoms with Gasteiger partial charge in [-0.2, -0.15) is 0 Å². The Labute approximate surface area is 181 Å². The molecule has 1 aliphatic carbocycles. The minimum Gasteiger partial charge on any atom is -0.326 e. The summed E-state index contributed by atoms with van der Waals surface area (Å²) >= 11 is 6.37. The Morgan fingerprint density at radius 1 is 1.10 bits per heavy atom. The van der Waals surface area contributed by atoms with Crippen LogP contribution in [0.25, 0.3) is 10.9 Å². The summed E-state index contributed by atoms with van der Waals surface area (Å²) in [5, 5.41) is 1.02. The average Bonchev–Trinajstić information content (AvgIpc) is 2.77. The first kappa shape index (κ1) is 20.6. The quantitative estimate of drug-likeness (QED) is 0.585. The molecule has 1 atom stereocenters. The van der Waals surface area contributed by atoms with E-state index in [0.717, 1.165) is 25.7 Å². The average molecular weight is 424 g/mol. The highest BCUT2D eigenvalue weighted by atomic mass is 35.5. The second-order valence-electron chi connectivity index (χ2n) is 8.01. The maximum absolute atomic E-state index is 13.7. The molecule has 0 N–H and O–H groups in total. The van der Waals surface area contributed by atoms with Gasteiger partial charge < -0.3 is 4.90 Å². The molecule has 1 unspecified atom stereocenters. The molecule has 4 rings (SSSR count). The molecule has 3 aromatic rings. The molecule has 1 amide bonds. The van der Waals surface area contributed by atoms with Crippen molar-refractivity contribution in [1.29, 1.82) is 0 Å². The van der Waals surface area contributed by atoms with E-state index in [1.807, 2.05) is 42.2 Å². The van der Waals surface area contributed by atoms with Gasteiger partial charge in [0.1, 0.15) is 5.82 Å². The molecule has 2 aromatic carbocycles.